The Bertz CT molecular complexity index is 369. The first-order valence-electron chi connectivity index (χ1n) is 5.86. The first-order valence-corrected chi connectivity index (χ1v) is 5.86. The fourth-order valence-corrected chi connectivity index (χ4v) is 1.51. The van der Waals surface area contributed by atoms with Gasteiger partial charge in [-0.25, -0.2) is 0 Å². The summed E-state index contributed by atoms with van der Waals surface area (Å²) in [5.74, 6) is 0. The van der Waals surface area contributed by atoms with Gasteiger partial charge in [-0.05, 0) is 5.56 Å². The lowest BCUT2D eigenvalue weighted by atomic mass is 10.0. The van der Waals surface area contributed by atoms with Crippen LogP contribution in [0.1, 0.15) is 5.56 Å². The zero-order valence-corrected chi connectivity index (χ0v) is 10.3. The lowest BCUT2D eigenvalue weighted by molar-refractivity contribution is -0.147. The first-order chi connectivity index (χ1) is 9.10. The normalized spacial score (nSPS) is 17.5. The van der Waals surface area contributed by atoms with Crippen molar-refractivity contribution in [2.45, 2.75) is 31.0 Å². The number of carbonyl (C=O) groups is 1. The molecule has 0 aliphatic heterocycles. The molecular weight excluding hydrogens is 252 g/mol. The highest BCUT2D eigenvalue weighted by Crippen LogP contribution is 2.10. The molecule has 0 bridgehead atoms. The highest BCUT2D eigenvalue weighted by molar-refractivity contribution is 5.57. The van der Waals surface area contributed by atoms with Gasteiger partial charge in [0.25, 0.3) is 0 Å². The molecule has 0 amide bonds. The Morgan fingerprint density at radius 1 is 1.11 bits per heavy atom. The number of hydrogen-bond acceptors (Lipinski definition) is 6. The van der Waals surface area contributed by atoms with E-state index in [9.17, 15) is 20.1 Å². The van der Waals surface area contributed by atoms with Crippen LogP contribution in [0.15, 0.2) is 30.3 Å². The smallest absolute Gasteiger partial charge is 0.151 e. The Morgan fingerprint density at radius 2 is 1.74 bits per heavy atom. The van der Waals surface area contributed by atoms with Gasteiger partial charge < -0.3 is 30.0 Å². The molecule has 0 aliphatic rings. The van der Waals surface area contributed by atoms with Gasteiger partial charge in [0.05, 0.1) is 13.2 Å². The molecule has 6 heteroatoms. The summed E-state index contributed by atoms with van der Waals surface area (Å²) in [4.78, 5) is 10.8. The first kappa shape index (κ1) is 15.7. The lowest BCUT2D eigenvalue weighted by Gasteiger charge is -2.25. The second kappa shape index (κ2) is 7.98. The van der Waals surface area contributed by atoms with Gasteiger partial charge in [-0.2, -0.15) is 0 Å². The van der Waals surface area contributed by atoms with Gasteiger partial charge in [-0.15, -0.1) is 0 Å². The quantitative estimate of drug-likeness (QED) is 0.444. The van der Waals surface area contributed by atoms with E-state index in [-0.39, 0.29) is 6.61 Å². The van der Waals surface area contributed by atoms with Crippen LogP contribution in [0, 0.1) is 0 Å². The van der Waals surface area contributed by atoms with E-state index in [2.05, 4.69) is 0 Å². The molecule has 0 unspecified atom stereocenters. The number of benzene rings is 1. The number of aliphatic hydroxyl groups is 4. The molecule has 4 N–H and O–H groups in total. The maximum atomic E-state index is 10.8. The molecule has 0 saturated carbocycles. The molecule has 106 valence electrons. The molecule has 1 rings (SSSR count). The second-order valence-electron chi connectivity index (χ2n) is 4.13. The van der Waals surface area contributed by atoms with Gasteiger partial charge in [-0.1, -0.05) is 30.3 Å². The summed E-state index contributed by atoms with van der Waals surface area (Å²) in [6.07, 6.45) is -5.73. The largest absolute Gasteiger partial charge is 0.394 e. The third-order valence-electron chi connectivity index (χ3n) is 2.69. The minimum atomic E-state index is -1.66. The van der Waals surface area contributed by atoms with Crippen LogP contribution in [0.2, 0.25) is 0 Å². The van der Waals surface area contributed by atoms with Crippen molar-refractivity contribution in [1.82, 2.24) is 0 Å². The fourth-order valence-electron chi connectivity index (χ4n) is 1.51. The summed E-state index contributed by atoms with van der Waals surface area (Å²) in [5, 5.41) is 37.0. The van der Waals surface area contributed by atoms with Crippen LogP contribution in [-0.2, 0) is 16.1 Å². The average Bonchev–Trinajstić information content (AvgIpc) is 2.47. The Labute approximate surface area is 110 Å². The maximum absolute atomic E-state index is 10.8. The second-order valence-corrected chi connectivity index (χ2v) is 4.13. The molecule has 0 heterocycles. The van der Waals surface area contributed by atoms with Crippen molar-refractivity contribution in [3.05, 3.63) is 35.9 Å². The van der Waals surface area contributed by atoms with E-state index in [0.717, 1.165) is 5.56 Å². The third-order valence-corrected chi connectivity index (χ3v) is 2.69. The highest BCUT2D eigenvalue weighted by atomic mass is 16.5. The molecular formula is C13H18O6. The van der Waals surface area contributed by atoms with Crippen molar-refractivity contribution < 1.29 is 30.0 Å². The van der Waals surface area contributed by atoms with Gasteiger partial charge >= 0.3 is 0 Å². The minimum absolute atomic E-state index is 0.0866. The molecule has 19 heavy (non-hydrogen) atoms. The average molecular weight is 270 g/mol. The van der Waals surface area contributed by atoms with E-state index >= 15 is 0 Å². The predicted molar refractivity (Wildman–Crippen MR) is 66.2 cm³/mol. The standard InChI is InChI=1S/C13H18O6/c14-6-10(16)12(17)13(18)11(7-15)19-8-9-4-2-1-3-5-9/h1-5,7,10-14,16-18H,6,8H2/t10-,11+,12+,13+/m0/s1. The summed E-state index contributed by atoms with van der Waals surface area (Å²) in [6.45, 7) is -0.633. The van der Waals surface area contributed by atoms with Crippen LogP contribution in [0.25, 0.3) is 0 Å². The van der Waals surface area contributed by atoms with Crippen LogP contribution >= 0.6 is 0 Å². The molecule has 0 radical (unpaired) electrons. The van der Waals surface area contributed by atoms with E-state index in [1.807, 2.05) is 6.07 Å². The van der Waals surface area contributed by atoms with Crippen LogP contribution < -0.4 is 0 Å². The van der Waals surface area contributed by atoms with Crippen LogP contribution in [0.3, 0.4) is 0 Å². The lowest BCUT2D eigenvalue weighted by Crippen LogP contribution is -2.47. The SMILES string of the molecule is O=C[C@@H](OCc1ccccc1)[C@@H](O)[C@H](O)[C@@H](O)CO. The molecule has 1 aromatic carbocycles. The summed E-state index contributed by atoms with van der Waals surface area (Å²) in [5.41, 5.74) is 0.804. The van der Waals surface area contributed by atoms with Gasteiger partial charge in [0, 0.05) is 0 Å². The fraction of sp³-hybridized carbons (Fsp3) is 0.462. The summed E-state index contributed by atoms with van der Waals surface area (Å²) in [7, 11) is 0. The Morgan fingerprint density at radius 3 is 2.26 bits per heavy atom. The Kier molecular flexibility index (Phi) is 6.61. The Hall–Kier alpha value is -1.31. The van der Waals surface area contributed by atoms with Gasteiger partial charge in [0.2, 0.25) is 0 Å². The van der Waals surface area contributed by atoms with E-state index in [1.54, 1.807) is 24.3 Å². The topological polar surface area (TPSA) is 107 Å². The van der Waals surface area contributed by atoms with E-state index in [4.69, 9.17) is 9.84 Å². The molecule has 0 saturated heterocycles. The molecule has 6 nitrogen and oxygen atoms in total. The summed E-state index contributed by atoms with van der Waals surface area (Å²) >= 11 is 0. The van der Waals surface area contributed by atoms with Gasteiger partial charge in [0.1, 0.15) is 24.4 Å². The van der Waals surface area contributed by atoms with E-state index < -0.39 is 31.0 Å². The molecule has 4 atom stereocenters. The number of hydrogen-bond donors (Lipinski definition) is 4. The monoisotopic (exact) mass is 270 g/mol. The van der Waals surface area contributed by atoms with E-state index in [0.29, 0.717) is 6.29 Å². The molecule has 0 aliphatic carbocycles. The van der Waals surface area contributed by atoms with Crippen LogP contribution in [-0.4, -0.2) is 57.7 Å². The van der Waals surface area contributed by atoms with Gasteiger partial charge in [-0.3, -0.25) is 0 Å². The van der Waals surface area contributed by atoms with Gasteiger partial charge in [0.15, 0.2) is 6.29 Å². The van der Waals surface area contributed by atoms with Crippen molar-refractivity contribution in [3.8, 4) is 0 Å². The molecule has 1 aromatic rings. The van der Waals surface area contributed by atoms with Crippen molar-refractivity contribution in [2.24, 2.45) is 0 Å². The summed E-state index contributed by atoms with van der Waals surface area (Å²) in [6, 6.07) is 9.00. The zero-order valence-electron chi connectivity index (χ0n) is 10.3. The van der Waals surface area contributed by atoms with Crippen molar-refractivity contribution in [2.75, 3.05) is 6.61 Å². The number of ether oxygens (including phenoxy) is 1. The number of aliphatic hydroxyl groups excluding tert-OH is 4. The zero-order chi connectivity index (χ0) is 14.3. The van der Waals surface area contributed by atoms with Crippen molar-refractivity contribution in [1.29, 1.82) is 0 Å². The van der Waals surface area contributed by atoms with Crippen molar-refractivity contribution >= 4 is 6.29 Å². The maximum Gasteiger partial charge on any atom is 0.151 e. The van der Waals surface area contributed by atoms with Crippen LogP contribution in [0.4, 0.5) is 0 Å². The summed E-state index contributed by atoms with van der Waals surface area (Å²) < 4.78 is 5.18. The number of rotatable bonds is 8. The molecule has 0 fully saturated rings. The number of aldehydes is 1. The number of carbonyl (C=O) groups excluding carboxylic acids is 1. The predicted octanol–water partition coefficient (Wildman–Crippen LogP) is -1.15. The highest BCUT2D eigenvalue weighted by Gasteiger charge is 2.31. The van der Waals surface area contributed by atoms with E-state index in [1.165, 1.54) is 0 Å². The van der Waals surface area contributed by atoms with Crippen LogP contribution in [0.5, 0.6) is 0 Å². The minimum Gasteiger partial charge on any atom is -0.394 e. The Balaban J connectivity index is 2.55. The van der Waals surface area contributed by atoms with Crippen molar-refractivity contribution in [3.63, 3.8) is 0 Å². The molecule has 0 aromatic heterocycles. The molecule has 0 spiro atoms. The third kappa shape index (κ3) is 4.70.